The number of carbonyl (C=O) groups is 3. The number of allylic oxidation sites excluding steroid dienone is 1. The van der Waals surface area contributed by atoms with Gasteiger partial charge >= 0.3 is 0 Å². The van der Waals surface area contributed by atoms with Crippen LogP contribution in [0.1, 0.15) is 22.3 Å². The second-order valence-electron chi connectivity index (χ2n) is 9.29. The quantitative estimate of drug-likeness (QED) is 0.211. The molecule has 35 heavy (non-hydrogen) atoms. The Morgan fingerprint density at radius 3 is 2.51 bits per heavy atom. The number of anilines is 1. The molecule has 3 aliphatic carbocycles. The van der Waals surface area contributed by atoms with E-state index in [2.05, 4.69) is 5.32 Å². The Labute approximate surface area is 199 Å². The van der Waals surface area contributed by atoms with Crippen LogP contribution in [0.15, 0.2) is 28.7 Å². The fraction of sp³-hybridized carbons (Fsp3) is 0.435. The Kier molecular flexibility index (Phi) is 5.86. The van der Waals surface area contributed by atoms with Crippen LogP contribution in [0, 0.1) is 17.7 Å². The Morgan fingerprint density at radius 1 is 1.29 bits per heavy atom. The molecule has 0 aliphatic heterocycles. The topological polar surface area (TPSA) is 199 Å². The van der Waals surface area contributed by atoms with Crippen molar-refractivity contribution in [3.8, 4) is 5.75 Å². The highest BCUT2D eigenvalue weighted by molar-refractivity contribution is 6.24. The number of hydrogen-bond acceptors (Lipinski definition) is 10. The lowest BCUT2D eigenvalue weighted by atomic mass is 9.58. The number of aliphatic hydroxyl groups excluding tert-OH is 2. The van der Waals surface area contributed by atoms with Crippen LogP contribution in [0.3, 0.4) is 0 Å². The number of nitrogens with two attached hydrogens (primary N) is 2. The highest BCUT2D eigenvalue weighted by Gasteiger charge is 2.63. The molecule has 0 unspecified atom stereocenters. The largest absolute Gasteiger partial charge is 0.510 e. The van der Waals surface area contributed by atoms with Crippen LogP contribution in [0.5, 0.6) is 5.75 Å². The SMILES string of the molecule is CN(C)[C@@H]1C(O)=C(C(N)=O)C(=O)[C@@]2(O)C(O)=C3C(=O)c4c(O)c(NCCN)cc(F)c4C[C@H]3C[C@@H]12. The number of rotatable bonds is 5. The zero-order chi connectivity index (χ0) is 26.0. The zero-order valence-corrected chi connectivity index (χ0v) is 19.1. The van der Waals surface area contributed by atoms with Crippen LogP contribution < -0.4 is 16.8 Å². The zero-order valence-electron chi connectivity index (χ0n) is 19.1. The van der Waals surface area contributed by atoms with Gasteiger partial charge in [-0.3, -0.25) is 19.3 Å². The van der Waals surface area contributed by atoms with E-state index in [1.54, 1.807) is 0 Å². The number of nitrogens with zero attached hydrogens (tertiary/aromatic N) is 1. The minimum Gasteiger partial charge on any atom is -0.510 e. The summed E-state index contributed by atoms with van der Waals surface area (Å²) < 4.78 is 15.0. The highest BCUT2D eigenvalue weighted by Crippen LogP contribution is 2.52. The molecule has 4 atom stereocenters. The summed E-state index contributed by atoms with van der Waals surface area (Å²) in [5.41, 5.74) is 6.20. The minimum absolute atomic E-state index is 0.0704. The van der Waals surface area contributed by atoms with E-state index in [9.17, 15) is 34.8 Å². The summed E-state index contributed by atoms with van der Waals surface area (Å²) in [6.07, 6.45) is -0.232. The number of likely N-dealkylation sites (N-methyl/N-ethyl adjacent to an activating group) is 1. The number of aliphatic hydroxyl groups is 3. The molecule has 1 amide bonds. The summed E-state index contributed by atoms with van der Waals surface area (Å²) in [6.45, 7) is 0.358. The predicted molar refractivity (Wildman–Crippen MR) is 121 cm³/mol. The van der Waals surface area contributed by atoms with Crippen molar-refractivity contribution in [2.75, 3.05) is 32.5 Å². The van der Waals surface area contributed by atoms with Crippen molar-refractivity contribution in [1.82, 2.24) is 4.90 Å². The van der Waals surface area contributed by atoms with Crippen molar-refractivity contribution in [1.29, 1.82) is 0 Å². The van der Waals surface area contributed by atoms with Crippen molar-refractivity contribution in [3.05, 3.63) is 45.7 Å². The maximum absolute atomic E-state index is 15.0. The van der Waals surface area contributed by atoms with E-state index in [0.29, 0.717) is 0 Å². The lowest BCUT2D eigenvalue weighted by molar-refractivity contribution is -0.148. The normalized spacial score (nSPS) is 28.1. The van der Waals surface area contributed by atoms with Crippen LogP contribution in [0.4, 0.5) is 10.1 Å². The monoisotopic (exact) mass is 490 g/mol. The number of nitrogens with one attached hydrogen (secondary N) is 1. The minimum atomic E-state index is -2.74. The van der Waals surface area contributed by atoms with Crippen LogP contribution >= 0.6 is 0 Å². The molecule has 1 aromatic carbocycles. The van der Waals surface area contributed by atoms with E-state index in [1.165, 1.54) is 19.0 Å². The number of primary amides is 1. The molecule has 0 radical (unpaired) electrons. The maximum Gasteiger partial charge on any atom is 0.255 e. The number of hydrogen-bond donors (Lipinski definition) is 7. The fourth-order valence-electron chi connectivity index (χ4n) is 5.61. The lowest BCUT2D eigenvalue weighted by Crippen LogP contribution is -2.63. The number of halogens is 1. The highest BCUT2D eigenvalue weighted by atomic mass is 19.1. The van der Waals surface area contributed by atoms with Crippen molar-refractivity contribution < 1.29 is 39.2 Å². The first-order chi connectivity index (χ1) is 16.4. The van der Waals surface area contributed by atoms with Gasteiger partial charge in [0, 0.05) is 36.2 Å². The fourth-order valence-corrected chi connectivity index (χ4v) is 5.61. The molecule has 12 heteroatoms. The Bertz CT molecular complexity index is 1220. The Morgan fingerprint density at radius 2 is 1.94 bits per heavy atom. The second-order valence-corrected chi connectivity index (χ2v) is 9.29. The number of Topliss-reactive ketones (excluding diaryl/α,β-unsaturated/α-hetero) is 2. The molecule has 0 saturated heterocycles. The Balaban J connectivity index is 1.93. The lowest BCUT2D eigenvalue weighted by Gasteiger charge is -2.50. The van der Waals surface area contributed by atoms with Crippen molar-refractivity contribution in [2.45, 2.75) is 24.5 Å². The molecule has 0 saturated carbocycles. The van der Waals surface area contributed by atoms with Gasteiger partial charge in [0.1, 0.15) is 28.7 Å². The number of amides is 1. The first kappa shape index (κ1) is 24.6. The van der Waals surface area contributed by atoms with E-state index in [4.69, 9.17) is 11.5 Å². The van der Waals surface area contributed by atoms with Crippen LogP contribution in [0.25, 0.3) is 0 Å². The molecule has 0 aromatic heterocycles. The van der Waals surface area contributed by atoms with Gasteiger partial charge in [-0.25, -0.2) is 4.39 Å². The standard InChI is InChI=1S/C23H27FN4O7/c1-28(2)16-10-6-8-5-9-11(24)7-12(27-4-3-25)17(29)14(9)18(30)13(8)20(32)23(10,35)21(33)15(19(16)31)22(26)34/h7-8,10,16,27,29,31-32,35H,3-6,25H2,1-2H3,(H2,26,34)/t8-,10-,16-,23-/m0/s1. The molecular formula is C23H27FN4O7. The van der Waals surface area contributed by atoms with E-state index < -0.39 is 75.2 Å². The van der Waals surface area contributed by atoms with Gasteiger partial charge in [0.2, 0.25) is 5.78 Å². The summed E-state index contributed by atoms with van der Waals surface area (Å²) >= 11 is 0. The predicted octanol–water partition coefficient (Wildman–Crippen LogP) is -0.370. The summed E-state index contributed by atoms with van der Waals surface area (Å²) in [6, 6.07) is -0.0628. The third-order valence-electron chi connectivity index (χ3n) is 7.13. The summed E-state index contributed by atoms with van der Waals surface area (Å²) in [4.78, 5) is 40.1. The molecule has 0 bridgehead atoms. The van der Waals surface area contributed by atoms with Crippen molar-refractivity contribution in [2.24, 2.45) is 23.3 Å². The second kappa shape index (κ2) is 8.33. The van der Waals surface area contributed by atoms with Crippen molar-refractivity contribution >= 4 is 23.2 Å². The number of fused-ring (bicyclic) bond motifs is 3. The molecule has 11 nitrogen and oxygen atoms in total. The van der Waals surface area contributed by atoms with Crippen molar-refractivity contribution in [3.63, 3.8) is 0 Å². The molecule has 0 heterocycles. The number of phenolic OH excluding ortho intramolecular Hbond substituents is 1. The maximum atomic E-state index is 15.0. The number of aromatic hydroxyl groups is 1. The van der Waals surface area contributed by atoms with Gasteiger partial charge in [0.05, 0.1) is 17.3 Å². The summed E-state index contributed by atoms with van der Waals surface area (Å²) in [5, 5.41) is 46.8. The molecule has 9 N–H and O–H groups in total. The van der Waals surface area contributed by atoms with Gasteiger partial charge in [0.25, 0.3) is 5.91 Å². The van der Waals surface area contributed by atoms with Gasteiger partial charge in [0.15, 0.2) is 11.4 Å². The number of ketones is 2. The number of carbonyl (C=O) groups excluding carboxylic acids is 3. The van der Waals surface area contributed by atoms with Crippen LogP contribution in [-0.2, 0) is 16.0 Å². The molecule has 0 fully saturated rings. The molecule has 1 aromatic rings. The Hall–Kier alpha value is -3.48. The summed E-state index contributed by atoms with van der Waals surface area (Å²) in [5.74, 6) is -8.58. The van der Waals surface area contributed by atoms with E-state index in [-0.39, 0.29) is 42.8 Å². The first-order valence-corrected chi connectivity index (χ1v) is 11.0. The van der Waals surface area contributed by atoms with Gasteiger partial charge < -0.3 is 37.2 Å². The van der Waals surface area contributed by atoms with Gasteiger partial charge in [-0.15, -0.1) is 0 Å². The van der Waals surface area contributed by atoms with E-state index in [1.807, 2.05) is 0 Å². The van der Waals surface area contributed by atoms with Gasteiger partial charge in [-0.05, 0) is 32.9 Å². The van der Waals surface area contributed by atoms with Crippen LogP contribution in [-0.4, -0.2) is 81.6 Å². The van der Waals surface area contributed by atoms with Crippen LogP contribution in [0.2, 0.25) is 0 Å². The number of phenols is 1. The molecule has 4 rings (SSSR count). The number of benzene rings is 1. The average molecular weight is 490 g/mol. The van der Waals surface area contributed by atoms with E-state index in [0.717, 1.165) is 6.07 Å². The smallest absolute Gasteiger partial charge is 0.255 e. The molecular weight excluding hydrogens is 463 g/mol. The third kappa shape index (κ3) is 3.32. The first-order valence-electron chi connectivity index (χ1n) is 11.0. The molecule has 188 valence electrons. The summed E-state index contributed by atoms with van der Waals surface area (Å²) in [7, 11) is 3.06. The van der Waals surface area contributed by atoms with Gasteiger partial charge in [-0.1, -0.05) is 0 Å². The van der Waals surface area contributed by atoms with E-state index >= 15 is 4.39 Å². The average Bonchev–Trinajstić information content (AvgIpc) is 2.77. The third-order valence-corrected chi connectivity index (χ3v) is 7.13. The van der Waals surface area contributed by atoms with Gasteiger partial charge in [-0.2, -0.15) is 0 Å². The molecule has 0 spiro atoms. The molecule has 3 aliphatic rings.